The summed E-state index contributed by atoms with van der Waals surface area (Å²) in [6, 6.07) is 4.12. The van der Waals surface area contributed by atoms with Crippen molar-refractivity contribution in [3.05, 3.63) is 46.7 Å². The summed E-state index contributed by atoms with van der Waals surface area (Å²) in [5.74, 6) is -1.42. The Morgan fingerprint density at radius 2 is 2.20 bits per heavy atom. The van der Waals surface area contributed by atoms with Crippen molar-refractivity contribution >= 4 is 29.2 Å². The lowest BCUT2D eigenvalue weighted by atomic mass is 10.2. The number of anilines is 1. The third kappa shape index (κ3) is 3.36. The van der Waals surface area contributed by atoms with E-state index in [0.717, 1.165) is 5.56 Å². The van der Waals surface area contributed by atoms with Crippen LogP contribution in [0.15, 0.2) is 30.6 Å². The van der Waals surface area contributed by atoms with Crippen LogP contribution in [-0.4, -0.2) is 26.8 Å². The van der Waals surface area contributed by atoms with Gasteiger partial charge in [0.25, 0.3) is 0 Å². The molecule has 0 bridgehead atoms. The molecule has 0 saturated carbocycles. The van der Waals surface area contributed by atoms with Crippen LogP contribution in [0.25, 0.3) is 0 Å². The summed E-state index contributed by atoms with van der Waals surface area (Å²) < 4.78 is 1.49. The van der Waals surface area contributed by atoms with Gasteiger partial charge < -0.3 is 10.4 Å². The van der Waals surface area contributed by atoms with Gasteiger partial charge in [-0.25, -0.2) is 4.79 Å². The lowest BCUT2D eigenvalue weighted by Gasteiger charge is -2.08. The van der Waals surface area contributed by atoms with E-state index in [1.54, 1.807) is 12.4 Å². The molecule has 0 spiro atoms. The average Bonchev–Trinajstić information content (AvgIpc) is 2.77. The van der Waals surface area contributed by atoms with Crippen molar-refractivity contribution in [1.82, 2.24) is 9.78 Å². The maximum atomic E-state index is 11.8. The topological polar surface area (TPSA) is 84.2 Å². The van der Waals surface area contributed by atoms with E-state index in [9.17, 15) is 9.59 Å². The fourth-order valence-electron chi connectivity index (χ4n) is 1.64. The highest BCUT2D eigenvalue weighted by Gasteiger charge is 2.10. The quantitative estimate of drug-likeness (QED) is 0.905. The van der Waals surface area contributed by atoms with Gasteiger partial charge in [-0.3, -0.25) is 9.48 Å². The minimum Gasteiger partial charge on any atom is -0.478 e. The predicted octanol–water partition coefficient (Wildman–Crippen LogP) is 2.18. The fourth-order valence-corrected chi connectivity index (χ4v) is 1.81. The summed E-state index contributed by atoms with van der Waals surface area (Å²) in [7, 11) is 0. The highest BCUT2D eigenvalue weighted by molar-refractivity contribution is 6.33. The van der Waals surface area contributed by atoms with Gasteiger partial charge in [0.2, 0.25) is 5.91 Å². The molecule has 0 aliphatic heterocycles. The van der Waals surface area contributed by atoms with Crippen molar-refractivity contribution in [3.8, 4) is 0 Å². The van der Waals surface area contributed by atoms with Gasteiger partial charge in [0.1, 0.15) is 6.54 Å². The van der Waals surface area contributed by atoms with E-state index in [1.165, 1.54) is 22.9 Å². The van der Waals surface area contributed by atoms with Gasteiger partial charge in [-0.15, -0.1) is 0 Å². The number of halogens is 1. The minimum absolute atomic E-state index is 0.0292. The van der Waals surface area contributed by atoms with Gasteiger partial charge >= 0.3 is 5.97 Å². The minimum atomic E-state index is -1.08. The molecule has 0 atom stereocenters. The Kier molecular flexibility index (Phi) is 4.05. The molecule has 2 rings (SSSR count). The van der Waals surface area contributed by atoms with Crippen molar-refractivity contribution in [2.24, 2.45) is 0 Å². The smallest absolute Gasteiger partial charge is 0.335 e. The molecule has 0 saturated heterocycles. The highest BCUT2D eigenvalue weighted by Crippen LogP contribution is 2.23. The van der Waals surface area contributed by atoms with Crippen LogP contribution in [0.2, 0.25) is 5.02 Å². The highest BCUT2D eigenvalue weighted by atomic mass is 35.5. The first kappa shape index (κ1) is 14.1. The SMILES string of the molecule is Cc1cnn(CC(=O)Nc2cc(C(=O)O)ccc2Cl)c1. The van der Waals surface area contributed by atoms with E-state index in [0.29, 0.717) is 0 Å². The molecule has 1 amide bonds. The summed E-state index contributed by atoms with van der Waals surface area (Å²) in [4.78, 5) is 22.7. The number of carbonyl (C=O) groups excluding carboxylic acids is 1. The van der Waals surface area contributed by atoms with Gasteiger partial charge in [0.15, 0.2) is 0 Å². The number of benzene rings is 1. The van der Waals surface area contributed by atoms with Crippen molar-refractivity contribution in [2.45, 2.75) is 13.5 Å². The second-order valence-electron chi connectivity index (χ2n) is 4.26. The molecule has 2 aromatic rings. The molecule has 1 aromatic heterocycles. The van der Waals surface area contributed by atoms with Gasteiger partial charge in [0.05, 0.1) is 22.5 Å². The Hall–Kier alpha value is -2.34. The number of carbonyl (C=O) groups is 2. The van der Waals surface area contributed by atoms with Crippen LogP contribution in [0, 0.1) is 6.92 Å². The molecule has 0 fully saturated rings. The van der Waals surface area contributed by atoms with Crippen LogP contribution in [0.4, 0.5) is 5.69 Å². The zero-order chi connectivity index (χ0) is 14.7. The lowest BCUT2D eigenvalue weighted by Crippen LogP contribution is -2.19. The van der Waals surface area contributed by atoms with Crippen molar-refractivity contribution in [1.29, 1.82) is 0 Å². The number of aryl methyl sites for hydroxylation is 1. The monoisotopic (exact) mass is 293 g/mol. The standard InChI is InChI=1S/C13H12ClN3O3/c1-8-5-15-17(6-8)7-12(18)16-11-4-9(13(19)20)2-3-10(11)14/h2-6H,7H2,1H3,(H,16,18)(H,19,20). The van der Waals surface area contributed by atoms with Crippen LogP contribution in [-0.2, 0) is 11.3 Å². The zero-order valence-electron chi connectivity index (χ0n) is 10.6. The predicted molar refractivity (Wildman–Crippen MR) is 74.0 cm³/mol. The molecular formula is C13H12ClN3O3. The molecule has 0 aliphatic rings. The third-order valence-electron chi connectivity index (χ3n) is 2.56. The van der Waals surface area contributed by atoms with E-state index in [-0.39, 0.29) is 28.7 Å². The van der Waals surface area contributed by atoms with E-state index < -0.39 is 5.97 Å². The lowest BCUT2D eigenvalue weighted by molar-refractivity contribution is -0.116. The fraction of sp³-hybridized carbons (Fsp3) is 0.154. The molecule has 6 nitrogen and oxygen atoms in total. The first-order valence-corrected chi connectivity index (χ1v) is 6.15. The zero-order valence-corrected chi connectivity index (χ0v) is 11.4. The Morgan fingerprint density at radius 3 is 2.80 bits per heavy atom. The number of amides is 1. The van der Waals surface area contributed by atoms with Crippen molar-refractivity contribution in [2.75, 3.05) is 5.32 Å². The van der Waals surface area contributed by atoms with E-state index >= 15 is 0 Å². The van der Waals surface area contributed by atoms with Crippen molar-refractivity contribution in [3.63, 3.8) is 0 Å². The summed E-state index contributed by atoms with van der Waals surface area (Å²) >= 11 is 5.92. The molecule has 0 unspecified atom stereocenters. The van der Waals surface area contributed by atoms with Gasteiger partial charge in [-0.1, -0.05) is 11.6 Å². The van der Waals surface area contributed by atoms with Crippen LogP contribution in [0.1, 0.15) is 15.9 Å². The second kappa shape index (κ2) is 5.75. The maximum Gasteiger partial charge on any atom is 0.335 e. The number of carboxylic acid groups (broad SMARTS) is 1. The number of hydrogen-bond donors (Lipinski definition) is 2. The van der Waals surface area contributed by atoms with Gasteiger partial charge in [-0.2, -0.15) is 5.10 Å². The molecule has 104 valence electrons. The third-order valence-corrected chi connectivity index (χ3v) is 2.88. The molecule has 1 aromatic carbocycles. The summed E-state index contributed by atoms with van der Waals surface area (Å²) in [5.41, 5.74) is 1.27. The number of aromatic nitrogens is 2. The number of hydrogen-bond acceptors (Lipinski definition) is 3. The van der Waals surface area contributed by atoms with E-state index in [1.807, 2.05) is 6.92 Å². The van der Waals surface area contributed by atoms with Crippen LogP contribution >= 0.6 is 11.6 Å². The van der Waals surface area contributed by atoms with Crippen LogP contribution in [0.5, 0.6) is 0 Å². The van der Waals surface area contributed by atoms with E-state index in [2.05, 4.69) is 10.4 Å². The molecule has 7 heteroatoms. The maximum absolute atomic E-state index is 11.8. The van der Waals surface area contributed by atoms with Gasteiger partial charge in [0, 0.05) is 6.20 Å². The number of nitrogens with zero attached hydrogens (tertiary/aromatic N) is 2. The first-order valence-electron chi connectivity index (χ1n) is 5.77. The average molecular weight is 294 g/mol. The molecule has 1 heterocycles. The Morgan fingerprint density at radius 1 is 1.45 bits per heavy atom. The summed E-state index contributed by atoms with van der Waals surface area (Å²) in [5, 5.41) is 15.7. The molecule has 2 N–H and O–H groups in total. The van der Waals surface area contributed by atoms with Crippen molar-refractivity contribution < 1.29 is 14.7 Å². The summed E-state index contributed by atoms with van der Waals surface area (Å²) in [6.07, 6.45) is 3.38. The molecule has 0 radical (unpaired) electrons. The summed E-state index contributed by atoms with van der Waals surface area (Å²) in [6.45, 7) is 1.90. The normalized spacial score (nSPS) is 10.3. The number of aromatic carboxylic acids is 1. The molecule has 0 aliphatic carbocycles. The van der Waals surface area contributed by atoms with Crippen LogP contribution < -0.4 is 5.32 Å². The van der Waals surface area contributed by atoms with Gasteiger partial charge in [-0.05, 0) is 30.7 Å². The molecule has 20 heavy (non-hydrogen) atoms. The Bertz CT molecular complexity index is 667. The molecular weight excluding hydrogens is 282 g/mol. The number of nitrogens with one attached hydrogen (secondary N) is 1. The second-order valence-corrected chi connectivity index (χ2v) is 4.67. The Balaban J connectivity index is 2.11. The largest absolute Gasteiger partial charge is 0.478 e. The van der Waals surface area contributed by atoms with Crippen LogP contribution in [0.3, 0.4) is 0 Å². The first-order chi connectivity index (χ1) is 9.45. The number of carboxylic acids is 1. The number of rotatable bonds is 4. The Labute approximate surface area is 120 Å². The van der Waals surface area contributed by atoms with E-state index in [4.69, 9.17) is 16.7 Å².